The summed E-state index contributed by atoms with van der Waals surface area (Å²) in [5.74, 6) is -0.301. The van der Waals surface area contributed by atoms with Crippen molar-refractivity contribution in [2.45, 2.75) is 240 Å². The normalized spacial score (nSPS) is 33.5. The number of rotatable bonds is 34. The molecule has 0 bridgehead atoms. The van der Waals surface area contributed by atoms with E-state index >= 15 is 0 Å². The molecule has 0 spiro atoms. The molecule has 3 fully saturated rings. The van der Waals surface area contributed by atoms with Crippen LogP contribution in [0.25, 0.3) is 0 Å². The SMILES string of the molecule is CCCCCC/C=C\CCCCCCCC(=O)NC(COC1OC(CO)C(OC2OC(CO)C(OC3OC(CO)C(O)C(O)C3O)C(O)C2O)C(O)C1O)C(O)/C=C/CC/C=C/CCCCCC. The molecule has 3 aliphatic heterocycles. The van der Waals surface area contributed by atoms with Crippen molar-refractivity contribution in [1.82, 2.24) is 5.32 Å². The number of aliphatic hydroxyl groups is 11. The van der Waals surface area contributed by atoms with Gasteiger partial charge in [0.05, 0.1) is 38.6 Å². The van der Waals surface area contributed by atoms with E-state index in [0.29, 0.717) is 12.8 Å². The summed E-state index contributed by atoms with van der Waals surface area (Å²) in [5.41, 5.74) is 0. The smallest absolute Gasteiger partial charge is 0.220 e. The molecule has 19 heteroatoms. The predicted molar refractivity (Wildman–Crippen MR) is 249 cm³/mol. The fourth-order valence-corrected chi connectivity index (χ4v) is 8.37. The molecular formula is C49H87NO18. The lowest BCUT2D eigenvalue weighted by Gasteiger charge is -2.48. The average Bonchev–Trinajstić information content (AvgIpc) is 3.33. The lowest BCUT2D eigenvalue weighted by molar-refractivity contribution is -0.379. The van der Waals surface area contributed by atoms with Gasteiger partial charge in [0, 0.05) is 6.42 Å². The van der Waals surface area contributed by atoms with Crippen LogP contribution in [0.4, 0.5) is 0 Å². The fourth-order valence-electron chi connectivity index (χ4n) is 8.37. The first-order valence-electron chi connectivity index (χ1n) is 25.2. The van der Waals surface area contributed by atoms with Gasteiger partial charge in [-0.1, -0.05) is 108 Å². The van der Waals surface area contributed by atoms with Crippen LogP contribution in [-0.2, 0) is 33.2 Å². The molecule has 17 unspecified atom stereocenters. The van der Waals surface area contributed by atoms with Crippen LogP contribution in [0.2, 0.25) is 0 Å². The molecule has 68 heavy (non-hydrogen) atoms. The van der Waals surface area contributed by atoms with Gasteiger partial charge in [-0.25, -0.2) is 0 Å². The number of amides is 1. The highest BCUT2D eigenvalue weighted by molar-refractivity contribution is 5.76. The molecule has 1 amide bonds. The maximum absolute atomic E-state index is 13.2. The maximum atomic E-state index is 13.2. The predicted octanol–water partition coefficient (Wildman–Crippen LogP) is 1.42. The molecule has 0 aromatic rings. The van der Waals surface area contributed by atoms with Gasteiger partial charge in [-0.05, 0) is 57.8 Å². The number of carbonyl (C=O) groups excluding carboxylic acids is 1. The highest BCUT2D eigenvalue weighted by Crippen LogP contribution is 2.33. The van der Waals surface area contributed by atoms with Crippen molar-refractivity contribution in [2.75, 3.05) is 26.4 Å². The van der Waals surface area contributed by atoms with Gasteiger partial charge in [0.1, 0.15) is 73.2 Å². The molecule has 3 rings (SSSR count). The third-order valence-corrected chi connectivity index (χ3v) is 12.7. The number of allylic oxidation sites excluding steroid dienone is 5. The van der Waals surface area contributed by atoms with Crippen molar-refractivity contribution in [3.05, 3.63) is 36.5 Å². The summed E-state index contributed by atoms with van der Waals surface area (Å²) in [6, 6.07) is -0.989. The van der Waals surface area contributed by atoms with Crippen molar-refractivity contribution in [3.8, 4) is 0 Å². The molecule has 0 saturated carbocycles. The molecule has 0 aromatic heterocycles. The van der Waals surface area contributed by atoms with E-state index in [1.54, 1.807) is 6.08 Å². The number of nitrogens with one attached hydrogen (secondary N) is 1. The van der Waals surface area contributed by atoms with E-state index < -0.39 is 124 Å². The number of hydrogen-bond donors (Lipinski definition) is 12. The van der Waals surface area contributed by atoms with Crippen LogP contribution >= 0.6 is 0 Å². The van der Waals surface area contributed by atoms with E-state index in [-0.39, 0.29) is 18.9 Å². The molecule has 12 N–H and O–H groups in total. The summed E-state index contributed by atoms with van der Waals surface area (Å²) >= 11 is 0. The number of ether oxygens (including phenoxy) is 6. The minimum absolute atomic E-state index is 0.224. The topological polar surface area (TPSA) is 307 Å². The second-order valence-electron chi connectivity index (χ2n) is 18.3. The zero-order chi connectivity index (χ0) is 49.8. The van der Waals surface area contributed by atoms with Crippen LogP contribution in [0.15, 0.2) is 36.5 Å². The van der Waals surface area contributed by atoms with Crippen molar-refractivity contribution in [2.24, 2.45) is 0 Å². The second-order valence-corrected chi connectivity index (χ2v) is 18.3. The van der Waals surface area contributed by atoms with E-state index in [9.17, 15) is 61.0 Å². The minimum Gasteiger partial charge on any atom is -0.394 e. The van der Waals surface area contributed by atoms with Gasteiger partial charge in [0.25, 0.3) is 0 Å². The molecule has 0 aromatic carbocycles. The van der Waals surface area contributed by atoms with Crippen LogP contribution in [0.5, 0.6) is 0 Å². The Morgan fingerprint density at radius 3 is 1.47 bits per heavy atom. The average molecular weight is 978 g/mol. The van der Waals surface area contributed by atoms with Crippen LogP contribution in [0, 0.1) is 0 Å². The third kappa shape index (κ3) is 20.3. The van der Waals surface area contributed by atoms with Gasteiger partial charge in [0.15, 0.2) is 18.9 Å². The first-order valence-corrected chi connectivity index (χ1v) is 25.2. The highest BCUT2D eigenvalue weighted by atomic mass is 16.8. The van der Waals surface area contributed by atoms with E-state index in [2.05, 4.69) is 43.5 Å². The number of unbranched alkanes of at least 4 members (excludes halogenated alkanes) is 14. The zero-order valence-corrected chi connectivity index (χ0v) is 40.3. The Morgan fingerprint density at radius 2 is 0.941 bits per heavy atom. The molecule has 396 valence electrons. The summed E-state index contributed by atoms with van der Waals surface area (Å²) in [4.78, 5) is 13.2. The maximum Gasteiger partial charge on any atom is 0.220 e. The largest absolute Gasteiger partial charge is 0.394 e. The number of hydrogen-bond acceptors (Lipinski definition) is 18. The summed E-state index contributed by atoms with van der Waals surface area (Å²) in [6.07, 6.45) is 4.53. The molecular weight excluding hydrogens is 891 g/mol. The molecule has 17 atom stereocenters. The molecule has 3 heterocycles. The van der Waals surface area contributed by atoms with Crippen LogP contribution < -0.4 is 5.32 Å². The van der Waals surface area contributed by atoms with Crippen LogP contribution in [0.1, 0.15) is 136 Å². The van der Waals surface area contributed by atoms with Crippen molar-refractivity contribution < 1.29 is 89.4 Å². The second kappa shape index (κ2) is 34.4. The molecule has 0 aliphatic carbocycles. The summed E-state index contributed by atoms with van der Waals surface area (Å²) in [6.45, 7) is 1.58. The van der Waals surface area contributed by atoms with E-state index in [1.165, 1.54) is 44.9 Å². The standard InChI is InChI=1S/C49H87NO18/c1-3-5-7-9-11-13-15-16-17-19-21-23-25-27-37(55)50-32(33(54)26-24-22-20-18-14-12-10-8-6-4-2)31-63-47-43(61)40(58)45(35(29-52)65-47)68-49-44(62)41(59)46(36(30-53)66-49)67-48-42(60)39(57)38(56)34(28-51)64-48/h13-15,18,24,26,32-36,38-49,51-54,56-62H,3-12,16-17,19-23,25,27-31H2,1-2H3,(H,50,55)/b15-13-,18-14+,26-24+. The van der Waals surface area contributed by atoms with Gasteiger partial charge >= 0.3 is 0 Å². The lowest BCUT2D eigenvalue weighted by Crippen LogP contribution is -2.66. The lowest BCUT2D eigenvalue weighted by atomic mass is 9.96. The first kappa shape index (κ1) is 60.3. The monoisotopic (exact) mass is 978 g/mol. The summed E-state index contributed by atoms with van der Waals surface area (Å²) < 4.78 is 34.0. The molecule has 3 aliphatic rings. The van der Waals surface area contributed by atoms with Crippen molar-refractivity contribution in [1.29, 1.82) is 0 Å². The van der Waals surface area contributed by atoms with Crippen molar-refractivity contribution >= 4 is 5.91 Å². The summed E-state index contributed by atoms with van der Waals surface area (Å²) in [5, 5.41) is 119. The Labute approximate surface area is 402 Å². The van der Waals surface area contributed by atoms with Gasteiger partial charge in [-0.3, -0.25) is 4.79 Å². The van der Waals surface area contributed by atoms with Gasteiger partial charge in [-0.2, -0.15) is 0 Å². The Kier molecular flexibility index (Phi) is 30.5. The van der Waals surface area contributed by atoms with Gasteiger partial charge in [-0.15, -0.1) is 0 Å². The number of aliphatic hydroxyl groups excluding tert-OH is 11. The Hall–Kier alpha value is -1.99. The van der Waals surface area contributed by atoms with Crippen molar-refractivity contribution in [3.63, 3.8) is 0 Å². The Morgan fingerprint density at radius 1 is 0.515 bits per heavy atom. The van der Waals surface area contributed by atoms with Gasteiger partial charge in [0.2, 0.25) is 5.91 Å². The minimum atomic E-state index is -1.98. The molecule has 0 radical (unpaired) electrons. The Bertz CT molecular complexity index is 1400. The van der Waals surface area contributed by atoms with Crippen LogP contribution in [0.3, 0.4) is 0 Å². The third-order valence-electron chi connectivity index (χ3n) is 12.7. The first-order chi connectivity index (χ1) is 32.8. The fraction of sp³-hybridized carbons (Fsp3) is 0.857. The zero-order valence-electron chi connectivity index (χ0n) is 40.3. The Balaban J connectivity index is 1.58. The van der Waals surface area contributed by atoms with Crippen LogP contribution in [-0.4, -0.2) is 193 Å². The van der Waals surface area contributed by atoms with Gasteiger partial charge < -0.3 is 89.9 Å². The quantitative estimate of drug-likeness (QED) is 0.0321. The number of carbonyl (C=O) groups is 1. The van der Waals surface area contributed by atoms with E-state index in [4.69, 9.17) is 28.4 Å². The highest BCUT2D eigenvalue weighted by Gasteiger charge is 2.53. The van der Waals surface area contributed by atoms with E-state index in [1.807, 2.05) is 6.08 Å². The molecule has 19 nitrogen and oxygen atoms in total. The molecule has 3 saturated heterocycles. The summed E-state index contributed by atoms with van der Waals surface area (Å²) in [7, 11) is 0. The van der Waals surface area contributed by atoms with E-state index in [0.717, 1.165) is 57.8 Å².